The number of benzene rings is 1. The largest absolute Gasteiger partial charge is 0.467 e. The molecular weight excluding hydrogens is 344 g/mol. The van der Waals surface area contributed by atoms with Crippen molar-refractivity contribution in [2.75, 3.05) is 5.32 Å². The van der Waals surface area contributed by atoms with E-state index in [9.17, 15) is 14.4 Å². The highest BCUT2D eigenvalue weighted by Gasteiger charge is 2.30. The highest BCUT2D eigenvalue weighted by atomic mass is 16.3. The summed E-state index contributed by atoms with van der Waals surface area (Å²) in [4.78, 5) is 36.2. The zero-order chi connectivity index (χ0) is 19.2. The summed E-state index contributed by atoms with van der Waals surface area (Å²) in [7, 11) is 0. The molecule has 1 aliphatic carbocycles. The number of rotatable bonds is 6. The number of amides is 2. The van der Waals surface area contributed by atoms with E-state index in [1.54, 1.807) is 36.6 Å². The zero-order valence-electron chi connectivity index (χ0n) is 15.4. The van der Waals surface area contributed by atoms with Crippen LogP contribution in [0.4, 0.5) is 5.69 Å². The van der Waals surface area contributed by atoms with Gasteiger partial charge in [0.05, 0.1) is 12.8 Å². The molecule has 0 unspecified atom stereocenters. The number of carbonyl (C=O) groups excluding carboxylic acids is 3. The predicted molar refractivity (Wildman–Crippen MR) is 101 cm³/mol. The van der Waals surface area contributed by atoms with E-state index < -0.39 is 0 Å². The minimum atomic E-state index is -0.111. The number of furan rings is 1. The van der Waals surface area contributed by atoms with Gasteiger partial charge in [0.2, 0.25) is 11.8 Å². The van der Waals surface area contributed by atoms with Gasteiger partial charge in [0.15, 0.2) is 5.78 Å². The second kappa shape index (κ2) is 8.66. The number of anilines is 1. The SMILES string of the molecule is CC(=O)c1cccc(NC(=O)C2CCC(C(=O)NCc3ccco3)CC2)c1. The van der Waals surface area contributed by atoms with Crippen LogP contribution in [0.5, 0.6) is 0 Å². The maximum absolute atomic E-state index is 12.5. The molecule has 1 aliphatic rings. The van der Waals surface area contributed by atoms with Crippen molar-refractivity contribution in [3.63, 3.8) is 0 Å². The fraction of sp³-hybridized carbons (Fsp3) is 0.381. The van der Waals surface area contributed by atoms with Crippen LogP contribution in [0.25, 0.3) is 0 Å². The molecule has 0 saturated heterocycles. The first-order chi connectivity index (χ1) is 13.0. The van der Waals surface area contributed by atoms with Crippen molar-refractivity contribution in [2.45, 2.75) is 39.2 Å². The Labute approximate surface area is 158 Å². The number of carbonyl (C=O) groups is 3. The Kier molecular flexibility index (Phi) is 6.06. The minimum Gasteiger partial charge on any atom is -0.467 e. The van der Waals surface area contributed by atoms with E-state index in [0.717, 1.165) is 5.76 Å². The average Bonchev–Trinajstić information content (AvgIpc) is 3.20. The topological polar surface area (TPSA) is 88.4 Å². The normalized spacial score (nSPS) is 19.3. The Bertz CT molecular complexity index is 805. The maximum atomic E-state index is 12.5. The van der Waals surface area contributed by atoms with E-state index in [1.165, 1.54) is 6.92 Å². The van der Waals surface area contributed by atoms with E-state index in [2.05, 4.69) is 10.6 Å². The molecule has 1 heterocycles. The Morgan fingerprint density at radius 1 is 1.00 bits per heavy atom. The lowest BCUT2D eigenvalue weighted by Crippen LogP contribution is -2.35. The van der Waals surface area contributed by atoms with Gasteiger partial charge in [-0.25, -0.2) is 0 Å². The summed E-state index contributed by atoms with van der Waals surface area (Å²) >= 11 is 0. The molecule has 2 N–H and O–H groups in total. The third-order valence-electron chi connectivity index (χ3n) is 5.02. The fourth-order valence-electron chi connectivity index (χ4n) is 3.41. The van der Waals surface area contributed by atoms with Crippen molar-refractivity contribution in [1.82, 2.24) is 5.32 Å². The Hall–Kier alpha value is -2.89. The molecule has 1 aromatic heterocycles. The first-order valence-electron chi connectivity index (χ1n) is 9.25. The highest BCUT2D eigenvalue weighted by Crippen LogP contribution is 2.30. The van der Waals surface area contributed by atoms with Gasteiger partial charge in [-0.15, -0.1) is 0 Å². The van der Waals surface area contributed by atoms with Gasteiger partial charge in [-0.2, -0.15) is 0 Å². The summed E-state index contributed by atoms with van der Waals surface area (Å²) in [5.41, 5.74) is 1.20. The zero-order valence-corrected chi connectivity index (χ0v) is 15.4. The Morgan fingerprint density at radius 2 is 1.70 bits per heavy atom. The van der Waals surface area contributed by atoms with Crippen molar-refractivity contribution in [1.29, 1.82) is 0 Å². The van der Waals surface area contributed by atoms with Gasteiger partial charge in [0.1, 0.15) is 5.76 Å². The van der Waals surface area contributed by atoms with E-state index in [4.69, 9.17) is 4.42 Å². The first-order valence-corrected chi connectivity index (χ1v) is 9.25. The molecule has 0 atom stereocenters. The van der Waals surface area contributed by atoms with Crippen LogP contribution < -0.4 is 10.6 Å². The van der Waals surface area contributed by atoms with Crippen LogP contribution >= 0.6 is 0 Å². The summed E-state index contributed by atoms with van der Waals surface area (Å²) in [6.45, 7) is 1.89. The van der Waals surface area contributed by atoms with E-state index >= 15 is 0 Å². The van der Waals surface area contributed by atoms with Gasteiger partial charge in [0, 0.05) is 23.1 Å². The summed E-state index contributed by atoms with van der Waals surface area (Å²) in [6.07, 6.45) is 4.32. The number of ketones is 1. The molecular formula is C21H24N2O4. The average molecular weight is 368 g/mol. The molecule has 0 aliphatic heterocycles. The second-order valence-corrected chi connectivity index (χ2v) is 6.97. The third-order valence-corrected chi connectivity index (χ3v) is 5.02. The number of hydrogen-bond donors (Lipinski definition) is 2. The standard InChI is InChI=1S/C21H24N2O4/c1-14(24)17-4-2-5-18(12-17)23-21(26)16-9-7-15(8-10-16)20(25)22-13-19-6-3-11-27-19/h2-6,11-12,15-16H,7-10,13H2,1H3,(H,22,25)(H,23,26). The first kappa shape index (κ1) is 18.9. The lowest BCUT2D eigenvalue weighted by Gasteiger charge is -2.27. The van der Waals surface area contributed by atoms with Crippen molar-refractivity contribution in [3.05, 3.63) is 54.0 Å². The molecule has 0 bridgehead atoms. The van der Waals surface area contributed by atoms with E-state index in [1.807, 2.05) is 6.07 Å². The van der Waals surface area contributed by atoms with Gasteiger partial charge in [-0.3, -0.25) is 14.4 Å². The van der Waals surface area contributed by atoms with Gasteiger partial charge in [-0.05, 0) is 56.9 Å². The number of Topliss-reactive ketones (excluding diaryl/α,β-unsaturated/α-hetero) is 1. The third kappa shape index (κ3) is 5.06. The molecule has 0 spiro atoms. The molecule has 0 radical (unpaired) electrons. The molecule has 1 saturated carbocycles. The van der Waals surface area contributed by atoms with Crippen molar-refractivity contribution in [2.24, 2.45) is 11.8 Å². The summed E-state index contributed by atoms with van der Waals surface area (Å²) < 4.78 is 5.21. The van der Waals surface area contributed by atoms with Crippen molar-refractivity contribution in [3.8, 4) is 0 Å². The summed E-state index contributed by atoms with van der Waals surface area (Å²) in [5, 5.41) is 5.78. The smallest absolute Gasteiger partial charge is 0.227 e. The summed E-state index contributed by atoms with van der Waals surface area (Å²) in [6, 6.07) is 10.6. The molecule has 2 amide bonds. The van der Waals surface area contributed by atoms with Crippen LogP contribution in [0.2, 0.25) is 0 Å². The molecule has 27 heavy (non-hydrogen) atoms. The van der Waals surface area contributed by atoms with Crippen LogP contribution in [0, 0.1) is 11.8 Å². The van der Waals surface area contributed by atoms with E-state index in [0.29, 0.717) is 43.5 Å². The van der Waals surface area contributed by atoms with Crippen molar-refractivity contribution < 1.29 is 18.8 Å². The predicted octanol–water partition coefficient (Wildman–Crippen LogP) is 3.54. The minimum absolute atomic E-state index is 0.0133. The van der Waals surface area contributed by atoms with Crippen molar-refractivity contribution >= 4 is 23.3 Å². The molecule has 3 rings (SSSR count). The van der Waals surface area contributed by atoms with Gasteiger partial charge in [-0.1, -0.05) is 12.1 Å². The van der Waals surface area contributed by atoms with Gasteiger partial charge in [0.25, 0.3) is 0 Å². The molecule has 1 aromatic carbocycles. The molecule has 2 aromatic rings. The Morgan fingerprint density at radius 3 is 2.33 bits per heavy atom. The monoisotopic (exact) mass is 368 g/mol. The van der Waals surface area contributed by atoms with Crippen LogP contribution in [-0.4, -0.2) is 17.6 Å². The molecule has 1 fully saturated rings. The fourth-order valence-corrected chi connectivity index (χ4v) is 3.41. The lowest BCUT2D eigenvalue weighted by atomic mass is 9.81. The van der Waals surface area contributed by atoms with Gasteiger partial charge < -0.3 is 15.1 Å². The number of hydrogen-bond acceptors (Lipinski definition) is 4. The molecule has 142 valence electrons. The van der Waals surface area contributed by atoms with Crippen LogP contribution in [0.1, 0.15) is 48.7 Å². The molecule has 6 heteroatoms. The lowest BCUT2D eigenvalue weighted by molar-refractivity contribution is -0.128. The number of nitrogens with one attached hydrogen (secondary N) is 2. The van der Waals surface area contributed by atoms with Crippen LogP contribution in [0.15, 0.2) is 47.1 Å². The van der Waals surface area contributed by atoms with Crippen LogP contribution in [0.3, 0.4) is 0 Å². The summed E-state index contributed by atoms with van der Waals surface area (Å²) in [5.74, 6) is 0.478. The quantitative estimate of drug-likeness (QED) is 0.763. The highest BCUT2D eigenvalue weighted by molar-refractivity contribution is 5.97. The Balaban J connectivity index is 1.47. The second-order valence-electron chi connectivity index (χ2n) is 6.97. The van der Waals surface area contributed by atoms with E-state index in [-0.39, 0.29) is 29.4 Å². The van der Waals surface area contributed by atoms with Crippen LogP contribution in [-0.2, 0) is 16.1 Å². The van der Waals surface area contributed by atoms with Gasteiger partial charge >= 0.3 is 0 Å². The molecule has 6 nitrogen and oxygen atoms in total. The maximum Gasteiger partial charge on any atom is 0.227 e.